The maximum absolute atomic E-state index is 13.0. The summed E-state index contributed by atoms with van der Waals surface area (Å²) in [7, 11) is 1.58. The van der Waals surface area contributed by atoms with Crippen molar-refractivity contribution in [1.29, 1.82) is 0 Å². The van der Waals surface area contributed by atoms with Crippen LogP contribution in [0.25, 0.3) is 10.1 Å². The molecule has 2 rings (SSSR count). The summed E-state index contributed by atoms with van der Waals surface area (Å²) in [5.41, 5.74) is 0. The molecule has 3 nitrogen and oxygen atoms in total. The molecule has 5 heteroatoms. The molecule has 0 saturated heterocycles. The molecule has 1 amide bonds. The molecule has 1 N–H and O–H groups in total. The number of rotatable bonds is 4. The van der Waals surface area contributed by atoms with E-state index in [0.717, 1.165) is 10.1 Å². The molecular weight excluding hydrogens is 241 g/mol. The van der Waals surface area contributed by atoms with Gasteiger partial charge in [0.05, 0.1) is 11.5 Å². The number of methoxy groups -OCH3 is 1. The normalized spacial score (nSPS) is 10.7. The molecule has 1 aromatic carbocycles. The zero-order valence-electron chi connectivity index (χ0n) is 9.33. The molecule has 0 aliphatic rings. The van der Waals surface area contributed by atoms with Gasteiger partial charge in [0.15, 0.2) is 0 Å². The Balaban J connectivity index is 2.15. The largest absolute Gasteiger partial charge is 0.383 e. The molecule has 1 aromatic heterocycles. The van der Waals surface area contributed by atoms with Gasteiger partial charge in [-0.05, 0) is 29.7 Å². The van der Waals surface area contributed by atoms with Gasteiger partial charge in [-0.25, -0.2) is 4.39 Å². The van der Waals surface area contributed by atoms with Crippen LogP contribution in [0.1, 0.15) is 9.67 Å². The van der Waals surface area contributed by atoms with E-state index in [0.29, 0.717) is 18.0 Å². The van der Waals surface area contributed by atoms with Crippen molar-refractivity contribution in [3.63, 3.8) is 0 Å². The molecule has 17 heavy (non-hydrogen) atoms. The Morgan fingerprint density at radius 3 is 3.06 bits per heavy atom. The average molecular weight is 253 g/mol. The highest BCUT2D eigenvalue weighted by molar-refractivity contribution is 7.20. The Bertz CT molecular complexity index is 538. The summed E-state index contributed by atoms with van der Waals surface area (Å²) in [4.78, 5) is 12.3. The van der Waals surface area contributed by atoms with Gasteiger partial charge < -0.3 is 10.1 Å². The van der Waals surface area contributed by atoms with Crippen LogP contribution in [0.4, 0.5) is 4.39 Å². The van der Waals surface area contributed by atoms with E-state index < -0.39 is 0 Å². The first kappa shape index (κ1) is 12.0. The first-order valence-electron chi connectivity index (χ1n) is 5.17. The number of nitrogens with one attached hydrogen (secondary N) is 1. The van der Waals surface area contributed by atoms with Crippen LogP contribution in [0.3, 0.4) is 0 Å². The Morgan fingerprint density at radius 1 is 1.47 bits per heavy atom. The molecule has 0 bridgehead atoms. The predicted molar refractivity (Wildman–Crippen MR) is 66.0 cm³/mol. The number of hydrogen-bond donors (Lipinski definition) is 1. The summed E-state index contributed by atoms with van der Waals surface area (Å²) in [6, 6.07) is 6.20. The number of hydrogen-bond acceptors (Lipinski definition) is 3. The van der Waals surface area contributed by atoms with E-state index in [4.69, 9.17) is 4.74 Å². The fraction of sp³-hybridized carbons (Fsp3) is 0.250. The van der Waals surface area contributed by atoms with Crippen LogP contribution in [0, 0.1) is 5.82 Å². The number of carbonyl (C=O) groups excluding carboxylic acids is 1. The maximum Gasteiger partial charge on any atom is 0.261 e. The summed E-state index contributed by atoms with van der Waals surface area (Å²) in [5, 5.41) is 3.48. The van der Waals surface area contributed by atoms with Crippen LogP contribution in [0.2, 0.25) is 0 Å². The summed E-state index contributed by atoms with van der Waals surface area (Å²) in [6.07, 6.45) is 0. The highest BCUT2D eigenvalue weighted by Crippen LogP contribution is 2.26. The van der Waals surface area contributed by atoms with E-state index >= 15 is 0 Å². The SMILES string of the molecule is COCCNC(=O)c1cc2cc(F)ccc2s1. The molecule has 0 saturated carbocycles. The third kappa shape index (κ3) is 2.81. The first-order valence-corrected chi connectivity index (χ1v) is 5.98. The molecule has 0 spiro atoms. The summed E-state index contributed by atoms with van der Waals surface area (Å²) < 4.78 is 18.7. The van der Waals surface area contributed by atoms with Gasteiger partial charge in [-0.1, -0.05) is 0 Å². The van der Waals surface area contributed by atoms with Gasteiger partial charge in [-0.2, -0.15) is 0 Å². The van der Waals surface area contributed by atoms with Crippen LogP contribution in [-0.2, 0) is 4.74 Å². The van der Waals surface area contributed by atoms with E-state index in [1.54, 1.807) is 19.2 Å². The molecular formula is C12H12FNO2S. The predicted octanol–water partition coefficient (Wildman–Crippen LogP) is 2.42. The second-order valence-corrected chi connectivity index (χ2v) is 4.63. The fourth-order valence-electron chi connectivity index (χ4n) is 1.48. The summed E-state index contributed by atoms with van der Waals surface area (Å²) >= 11 is 1.35. The van der Waals surface area contributed by atoms with Crippen molar-refractivity contribution in [2.45, 2.75) is 0 Å². The topological polar surface area (TPSA) is 38.3 Å². The van der Waals surface area contributed by atoms with Crippen molar-refractivity contribution in [2.24, 2.45) is 0 Å². The monoisotopic (exact) mass is 253 g/mol. The lowest BCUT2D eigenvalue weighted by Gasteiger charge is -2.01. The number of fused-ring (bicyclic) bond motifs is 1. The summed E-state index contributed by atoms with van der Waals surface area (Å²) in [6.45, 7) is 0.948. The van der Waals surface area contributed by atoms with Gasteiger partial charge in [0.1, 0.15) is 5.82 Å². The van der Waals surface area contributed by atoms with E-state index in [1.807, 2.05) is 0 Å². The molecule has 0 radical (unpaired) electrons. The Morgan fingerprint density at radius 2 is 2.29 bits per heavy atom. The second-order valence-electron chi connectivity index (χ2n) is 3.54. The molecule has 0 atom stereocenters. The zero-order chi connectivity index (χ0) is 12.3. The number of ether oxygens (including phenoxy) is 1. The van der Waals surface area contributed by atoms with Crippen LogP contribution < -0.4 is 5.32 Å². The molecule has 0 unspecified atom stereocenters. The highest BCUT2D eigenvalue weighted by atomic mass is 32.1. The summed E-state index contributed by atoms with van der Waals surface area (Å²) in [5.74, 6) is -0.440. The van der Waals surface area contributed by atoms with Crippen LogP contribution >= 0.6 is 11.3 Å². The molecule has 2 aromatic rings. The maximum atomic E-state index is 13.0. The van der Waals surface area contributed by atoms with Crippen molar-refractivity contribution >= 4 is 27.3 Å². The highest BCUT2D eigenvalue weighted by Gasteiger charge is 2.09. The second kappa shape index (κ2) is 5.25. The average Bonchev–Trinajstić information content (AvgIpc) is 2.72. The van der Waals surface area contributed by atoms with E-state index in [2.05, 4.69) is 5.32 Å². The van der Waals surface area contributed by atoms with Crippen molar-refractivity contribution < 1.29 is 13.9 Å². The number of thiophene rings is 1. The van der Waals surface area contributed by atoms with Crippen molar-refractivity contribution in [3.05, 3.63) is 35.0 Å². The number of halogens is 1. The van der Waals surface area contributed by atoms with Gasteiger partial charge in [-0.3, -0.25) is 4.79 Å². The number of amides is 1. The third-order valence-electron chi connectivity index (χ3n) is 2.29. The van der Waals surface area contributed by atoms with Crippen molar-refractivity contribution in [2.75, 3.05) is 20.3 Å². The Hall–Kier alpha value is -1.46. The Kier molecular flexibility index (Phi) is 3.71. The van der Waals surface area contributed by atoms with E-state index in [-0.39, 0.29) is 11.7 Å². The smallest absolute Gasteiger partial charge is 0.261 e. The molecule has 0 aliphatic heterocycles. The first-order chi connectivity index (χ1) is 8.20. The minimum Gasteiger partial charge on any atom is -0.383 e. The van der Waals surface area contributed by atoms with Crippen molar-refractivity contribution in [1.82, 2.24) is 5.32 Å². The van der Waals surface area contributed by atoms with Gasteiger partial charge >= 0.3 is 0 Å². The standard InChI is InChI=1S/C12H12FNO2S/c1-16-5-4-14-12(15)11-7-8-6-9(13)2-3-10(8)17-11/h2-3,6-7H,4-5H2,1H3,(H,14,15). The molecule has 90 valence electrons. The van der Waals surface area contributed by atoms with Crippen LogP contribution in [-0.4, -0.2) is 26.2 Å². The minimum atomic E-state index is -0.290. The molecule has 0 fully saturated rings. The van der Waals surface area contributed by atoms with Gasteiger partial charge in [0.25, 0.3) is 5.91 Å². The lowest BCUT2D eigenvalue weighted by molar-refractivity contribution is 0.0941. The molecule has 1 heterocycles. The Labute approximate surface area is 102 Å². The van der Waals surface area contributed by atoms with E-state index in [1.165, 1.54) is 23.5 Å². The van der Waals surface area contributed by atoms with Crippen molar-refractivity contribution in [3.8, 4) is 0 Å². The quantitative estimate of drug-likeness (QED) is 0.850. The van der Waals surface area contributed by atoms with Gasteiger partial charge in [0, 0.05) is 18.4 Å². The minimum absolute atomic E-state index is 0.149. The molecule has 0 aliphatic carbocycles. The number of carbonyl (C=O) groups is 1. The third-order valence-corrected chi connectivity index (χ3v) is 3.41. The van der Waals surface area contributed by atoms with Crippen LogP contribution in [0.5, 0.6) is 0 Å². The lowest BCUT2D eigenvalue weighted by atomic mass is 10.2. The zero-order valence-corrected chi connectivity index (χ0v) is 10.1. The lowest BCUT2D eigenvalue weighted by Crippen LogP contribution is -2.26. The number of benzene rings is 1. The van der Waals surface area contributed by atoms with E-state index in [9.17, 15) is 9.18 Å². The van der Waals surface area contributed by atoms with Crippen LogP contribution in [0.15, 0.2) is 24.3 Å². The van der Waals surface area contributed by atoms with Gasteiger partial charge in [0.2, 0.25) is 0 Å². The fourth-order valence-corrected chi connectivity index (χ4v) is 2.44. The van der Waals surface area contributed by atoms with Gasteiger partial charge in [-0.15, -0.1) is 11.3 Å².